The molecule has 10 nitrogen and oxygen atoms in total. The van der Waals surface area contributed by atoms with Crippen LogP contribution >= 0.6 is 11.6 Å². The number of aryl methyl sites for hydroxylation is 1. The maximum Gasteiger partial charge on any atom is 0.355 e. The number of carbonyl (C=O) groups excluding carboxylic acids is 2. The Hall–Kier alpha value is -4.64. The molecule has 0 radical (unpaired) electrons. The van der Waals surface area contributed by atoms with Crippen LogP contribution in [0.2, 0.25) is 5.02 Å². The monoisotopic (exact) mass is 647 g/mol. The molecule has 5 rings (SSSR count). The molecule has 0 aliphatic carbocycles. The van der Waals surface area contributed by atoms with E-state index in [4.69, 9.17) is 16.6 Å². The number of carbonyl (C=O) groups is 2. The second-order valence-electron chi connectivity index (χ2n) is 11.6. The van der Waals surface area contributed by atoms with Crippen molar-refractivity contribution in [3.8, 4) is 16.9 Å². The topological polar surface area (TPSA) is 113 Å². The molecule has 2 atom stereocenters. The van der Waals surface area contributed by atoms with E-state index in [2.05, 4.69) is 21.9 Å². The number of hydrogen-bond acceptors (Lipinski definition) is 7. The summed E-state index contributed by atoms with van der Waals surface area (Å²) in [6.07, 6.45) is 2.98. The minimum atomic E-state index is -0.649. The third-order valence-electron chi connectivity index (χ3n) is 8.00. The van der Waals surface area contributed by atoms with Crippen molar-refractivity contribution in [1.82, 2.24) is 24.4 Å². The predicted molar refractivity (Wildman–Crippen MR) is 181 cm³/mol. The van der Waals surface area contributed by atoms with Gasteiger partial charge in [-0.25, -0.2) is 18.7 Å². The average molecular weight is 648 g/mol. The Labute approximate surface area is 272 Å². The molecular formula is C34H39ClFN7O3. The number of nitrogens with zero attached hydrogens (tertiary/aromatic N) is 6. The number of anilines is 2. The van der Waals surface area contributed by atoms with Gasteiger partial charge in [0, 0.05) is 38.3 Å². The fourth-order valence-electron chi connectivity index (χ4n) is 5.89. The van der Waals surface area contributed by atoms with Crippen LogP contribution in [0.4, 0.5) is 15.9 Å². The Kier molecular flexibility index (Phi) is 9.96. The highest BCUT2D eigenvalue weighted by Gasteiger charge is 2.34. The molecular weight excluding hydrogens is 609 g/mol. The summed E-state index contributed by atoms with van der Waals surface area (Å²) in [6, 6.07) is 7.28. The summed E-state index contributed by atoms with van der Waals surface area (Å²) in [5.41, 5.74) is 1.78. The Morgan fingerprint density at radius 3 is 2.52 bits per heavy atom. The van der Waals surface area contributed by atoms with Crippen molar-refractivity contribution >= 4 is 46.0 Å². The molecule has 1 saturated heterocycles. The molecule has 0 saturated carbocycles. The predicted octanol–water partition coefficient (Wildman–Crippen LogP) is 6.27. The van der Waals surface area contributed by atoms with Gasteiger partial charge in [-0.2, -0.15) is 4.98 Å². The van der Waals surface area contributed by atoms with Crippen molar-refractivity contribution in [1.29, 1.82) is 0 Å². The van der Waals surface area contributed by atoms with Crippen molar-refractivity contribution in [2.45, 2.75) is 67.0 Å². The first-order valence-corrected chi connectivity index (χ1v) is 15.1. The summed E-state index contributed by atoms with van der Waals surface area (Å²) in [7, 11) is 0. The Morgan fingerprint density at radius 2 is 1.87 bits per heavy atom. The van der Waals surface area contributed by atoms with Gasteiger partial charge in [-0.1, -0.05) is 45.5 Å². The smallest absolute Gasteiger partial charge is 0.349 e. The summed E-state index contributed by atoms with van der Waals surface area (Å²) in [6.45, 7) is 15.4. The van der Waals surface area contributed by atoms with Crippen LogP contribution < -0.4 is 15.9 Å². The van der Waals surface area contributed by atoms with Crippen LogP contribution in [0.5, 0.6) is 0 Å². The molecule has 4 aromatic rings. The lowest BCUT2D eigenvalue weighted by Crippen LogP contribution is -2.58. The first-order valence-electron chi connectivity index (χ1n) is 14.7. The van der Waals surface area contributed by atoms with E-state index in [1.807, 2.05) is 39.5 Å². The van der Waals surface area contributed by atoms with Gasteiger partial charge in [0.1, 0.15) is 11.6 Å². The van der Waals surface area contributed by atoms with Crippen LogP contribution in [0.15, 0.2) is 54.0 Å². The molecule has 1 aromatic carbocycles. The maximum absolute atomic E-state index is 15.5. The van der Waals surface area contributed by atoms with Crippen molar-refractivity contribution < 1.29 is 14.0 Å². The molecule has 0 bridgehead atoms. The average Bonchev–Trinajstić information content (AvgIpc) is 2.97. The van der Waals surface area contributed by atoms with E-state index < -0.39 is 17.4 Å². The molecule has 1 N–H and O–H groups in total. The standard InChI is InChI=1S/C33H35ClFN7O3.CH4/c1-8-26(44)40-15-20(6)41(16-19(40)5)31-22-14-23(34)29(27-24(35)10-9-11-25(27)37-21(7)43)38-32(22)42(33(45)39-31)30-18(4)12-13-36-28(30)17(2)3;/h8-14,17,19-20H,1,15-16H2,2-7H3,(H,37,43);1H4/t19-,20+;/m1./s1. The third kappa shape index (κ3) is 6.11. The van der Waals surface area contributed by atoms with E-state index in [-0.39, 0.29) is 58.9 Å². The molecule has 4 heterocycles. The number of halogens is 2. The van der Waals surface area contributed by atoms with Gasteiger partial charge in [-0.05, 0) is 62.6 Å². The van der Waals surface area contributed by atoms with Gasteiger partial charge < -0.3 is 15.1 Å². The molecule has 2 amide bonds. The van der Waals surface area contributed by atoms with Crippen molar-refractivity contribution in [2.24, 2.45) is 0 Å². The lowest BCUT2D eigenvalue weighted by Gasteiger charge is -2.44. The van der Waals surface area contributed by atoms with Crippen LogP contribution in [-0.2, 0) is 9.59 Å². The Bertz CT molecular complexity index is 1910. The summed E-state index contributed by atoms with van der Waals surface area (Å²) in [5.74, 6) is -0.927. The summed E-state index contributed by atoms with van der Waals surface area (Å²) in [5, 5.41) is 3.21. The van der Waals surface area contributed by atoms with Crippen LogP contribution in [0, 0.1) is 12.7 Å². The van der Waals surface area contributed by atoms with Crippen molar-refractivity contribution in [3.63, 3.8) is 0 Å². The van der Waals surface area contributed by atoms with Gasteiger partial charge in [0.25, 0.3) is 0 Å². The lowest BCUT2D eigenvalue weighted by atomic mass is 10.0. The number of pyridine rings is 2. The molecule has 0 unspecified atom stereocenters. The number of nitrogens with one attached hydrogen (secondary N) is 1. The first kappa shape index (κ1) is 34.2. The van der Waals surface area contributed by atoms with E-state index in [9.17, 15) is 14.4 Å². The van der Waals surface area contributed by atoms with E-state index in [0.717, 1.165) is 5.56 Å². The fourth-order valence-corrected chi connectivity index (χ4v) is 6.14. The molecule has 242 valence electrons. The maximum atomic E-state index is 15.5. The Morgan fingerprint density at radius 1 is 1.15 bits per heavy atom. The zero-order valence-corrected chi connectivity index (χ0v) is 26.8. The lowest BCUT2D eigenvalue weighted by molar-refractivity contribution is -0.128. The largest absolute Gasteiger partial charge is 0.355 e. The van der Waals surface area contributed by atoms with Crippen molar-refractivity contribution in [3.05, 3.63) is 81.8 Å². The van der Waals surface area contributed by atoms with E-state index in [1.165, 1.54) is 29.7 Å². The van der Waals surface area contributed by atoms with Gasteiger partial charge in [0.05, 0.1) is 38.7 Å². The quantitative estimate of drug-likeness (QED) is 0.245. The van der Waals surface area contributed by atoms with Crippen molar-refractivity contribution in [2.75, 3.05) is 23.3 Å². The minimum Gasteiger partial charge on any atom is -0.349 e. The molecule has 1 aliphatic heterocycles. The molecule has 12 heteroatoms. The van der Waals surface area contributed by atoms with E-state index in [1.54, 1.807) is 29.3 Å². The second kappa shape index (κ2) is 13.4. The van der Waals surface area contributed by atoms with Crippen LogP contribution in [0.1, 0.15) is 59.2 Å². The van der Waals surface area contributed by atoms with Crippen LogP contribution in [-0.4, -0.2) is 61.4 Å². The van der Waals surface area contributed by atoms with Gasteiger partial charge in [-0.3, -0.25) is 14.6 Å². The van der Waals surface area contributed by atoms with Gasteiger partial charge >= 0.3 is 5.69 Å². The SMILES string of the molecule is C.C=CC(=O)N1C[C@H](C)N(c2nc(=O)n(-c3c(C)ccnc3C(C)C)c3nc(-c4c(F)cccc4NC(C)=O)c(Cl)cc23)C[C@H]1C. The van der Waals surface area contributed by atoms with Gasteiger partial charge in [-0.15, -0.1) is 0 Å². The molecule has 0 spiro atoms. The molecule has 46 heavy (non-hydrogen) atoms. The summed E-state index contributed by atoms with van der Waals surface area (Å²) in [4.78, 5) is 56.4. The number of fused-ring (bicyclic) bond motifs is 1. The van der Waals surface area contributed by atoms with Gasteiger partial charge in [0.2, 0.25) is 11.8 Å². The number of benzene rings is 1. The normalized spacial score (nSPS) is 16.4. The van der Waals surface area contributed by atoms with Crippen LogP contribution in [0.3, 0.4) is 0 Å². The number of amides is 2. The zero-order valence-electron chi connectivity index (χ0n) is 26.1. The molecule has 1 aliphatic rings. The van der Waals surface area contributed by atoms with Gasteiger partial charge in [0.15, 0.2) is 5.65 Å². The number of piperazine rings is 1. The van der Waals surface area contributed by atoms with E-state index in [0.29, 0.717) is 35.7 Å². The van der Waals surface area contributed by atoms with Crippen LogP contribution in [0.25, 0.3) is 28.0 Å². The molecule has 3 aromatic heterocycles. The Balaban J connectivity index is 0.00000480. The highest BCUT2D eigenvalue weighted by atomic mass is 35.5. The van der Waals surface area contributed by atoms with E-state index >= 15 is 4.39 Å². The second-order valence-corrected chi connectivity index (χ2v) is 12.1. The number of rotatable bonds is 6. The molecule has 1 fully saturated rings. The summed E-state index contributed by atoms with van der Waals surface area (Å²) < 4.78 is 16.9. The number of hydrogen-bond donors (Lipinski definition) is 1. The minimum absolute atomic E-state index is 0. The zero-order chi connectivity index (χ0) is 32.7. The first-order chi connectivity index (χ1) is 21.3. The fraction of sp³-hybridized carbons (Fsp3) is 0.353. The number of aromatic nitrogens is 4. The highest BCUT2D eigenvalue weighted by Crippen LogP contribution is 2.39. The highest BCUT2D eigenvalue weighted by molar-refractivity contribution is 6.34. The third-order valence-corrected chi connectivity index (χ3v) is 8.29. The summed E-state index contributed by atoms with van der Waals surface area (Å²) >= 11 is 6.88.